The van der Waals surface area contributed by atoms with E-state index in [1.54, 1.807) is 0 Å². The maximum Gasteiger partial charge on any atom is 0.0616 e. The fraction of sp³-hybridized carbons (Fsp3) is 0.263. The monoisotopic (exact) mass is 358 g/mol. The molecule has 2 unspecified atom stereocenters. The van der Waals surface area contributed by atoms with Gasteiger partial charge >= 0.3 is 0 Å². The van der Waals surface area contributed by atoms with E-state index < -0.39 is 0 Å². The molecule has 0 heterocycles. The highest BCUT2D eigenvalue weighted by Gasteiger charge is 2.16. The van der Waals surface area contributed by atoms with Gasteiger partial charge in [-0.05, 0) is 23.1 Å². The van der Waals surface area contributed by atoms with Gasteiger partial charge in [0.05, 0.1) is 11.4 Å². The lowest BCUT2D eigenvalue weighted by atomic mass is 9.89. The number of nitrogens with one attached hydrogen (secondary N) is 1. The number of allylic oxidation sites excluding steroid dienone is 1. The standard InChI is InChI=1S/C19H23BrN2/c1-3-16(15-8-5-4-6-9-15)17-10-7-11-18(21)19(17)22-13-14(2)12-20/h3-11,14,16,22H,1,12-13,21H2,2H3. The first-order valence-electron chi connectivity index (χ1n) is 7.53. The summed E-state index contributed by atoms with van der Waals surface area (Å²) in [5, 5.41) is 4.48. The summed E-state index contributed by atoms with van der Waals surface area (Å²) in [5.74, 6) is 0.665. The molecular weight excluding hydrogens is 336 g/mol. The zero-order valence-corrected chi connectivity index (χ0v) is 14.5. The van der Waals surface area contributed by atoms with Crippen LogP contribution >= 0.6 is 15.9 Å². The molecule has 2 atom stereocenters. The summed E-state index contributed by atoms with van der Waals surface area (Å²) >= 11 is 3.52. The smallest absolute Gasteiger partial charge is 0.0616 e. The minimum Gasteiger partial charge on any atom is -0.397 e. The van der Waals surface area contributed by atoms with Crippen molar-refractivity contribution in [1.29, 1.82) is 0 Å². The number of nitrogens with two attached hydrogens (primary N) is 1. The molecule has 2 rings (SSSR count). The second kappa shape index (κ2) is 8.04. The lowest BCUT2D eigenvalue weighted by molar-refractivity contribution is 0.705. The molecule has 2 aromatic carbocycles. The molecule has 22 heavy (non-hydrogen) atoms. The van der Waals surface area contributed by atoms with Crippen LogP contribution in [0.3, 0.4) is 0 Å². The van der Waals surface area contributed by atoms with E-state index in [9.17, 15) is 0 Å². The number of hydrogen-bond donors (Lipinski definition) is 2. The lowest BCUT2D eigenvalue weighted by Crippen LogP contribution is -2.15. The normalized spacial score (nSPS) is 13.4. The lowest BCUT2D eigenvalue weighted by Gasteiger charge is -2.21. The first kappa shape index (κ1) is 16.6. The molecule has 3 N–H and O–H groups in total. The van der Waals surface area contributed by atoms with Gasteiger partial charge in [-0.15, -0.1) is 6.58 Å². The summed E-state index contributed by atoms with van der Waals surface area (Å²) < 4.78 is 0. The molecular formula is C19H23BrN2. The molecule has 0 aliphatic rings. The topological polar surface area (TPSA) is 38.0 Å². The van der Waals surface area contributed by atoms with Crippen LogP contribution in [0.15, 0.2) is 61.2 Å². The Morgan fingerprint density at radius 3 is 2.55 bits per heavy atom. The number of benzene rings is 2. The molecule has 0 saturated carbocycles. The average molecular weight is 359 g/mol. The quantitative estimate of drug-likeness (QED) is 0.413. The van der Waals surface area contributed by atoms with Crippen molar-refractivity contribution < 1.29 is 0 Å². The minimum atomic E-state index is 0.131. The number of halogens is 1. The highest BCUT2D eigenvalue weighted by Crippen LogP contribution is 2.34. The van der Waals surface area contributed by atoms with E-state index in [1.165, 1.54) is 11.1 Å². The molecule has 0 aliphatic heterocycles. The van der Waals surface area contributed by atoms with E-state index >= 15 is 0 Å². The van der Waals surface area contributed by atoms with Gasteiger partial charge in [-0.2, -0.15) is 0 Å². The predicted molar refractivity (Wildman–Crippen MR) is 101 cm³/mol. The molecule has 0 bridgehead atoms. The summed E-state index contributed by atoms with van der Waals surface area (Å²) in [5.41, 5.74) is 10.4. The van der Waals surface area contributed by atoms with Gasteiger partial charge in [-0.25, -0.2) is 0 Å². The Kier molecular flexibility index (Phi) is 6.08. The molecule has 0 radical (unpaired) electrons. The molecule has 0 amide bonds. The fourth-order valence-electron chi connectivity index (χ4n) is 2.49. The molecule has 0 aromatic heterocycles. The van der Waals surface area contributed by atoms with Gasteiger partial charge < -0.3 is 11.1 Å². The maximum atomic E-state index is 6.21. The van der Waals surface area contributed by atoms with Crippen LogP contribution in [0, 0.1) is 5.92 Å². The van der Waals surface area contributed by atoms with E-state index in [1.807, 2.05) is 24.3 Å². The van der Waals surface area contributed by atoms with Crippen molar-refractivity contribution in [2.24, 2.45) is 5.92 Å². The summed E-state index contributed by atoms with van der Waals surface area (Å²) in [7, 11) is 0. The van der Waals surface area contributed by atoms with Gasteiger partial charge in [0.2, 0.25) is 0 Å². The third-order valence-electron chi connectivity index (χ3n) is 3.75. The van der Waals surface area contributed by atoms with Crippen molar-refractivity contribution in [3.05, 3.63) is 72.3 Å². The largest absolute Gasteiger partial charge is 0.397 e. The Balaban J connectivity index is 2.37. The van der Waals surface area contributed by atoms with Crippen molar-refractivity contribution >= 4 is 27.3 Å². The number of hydrogen-bond acceptors (Lipinski definition) is 2. The van der Waals surface area contributed by atoms with Crippen molar-refractivity contribution in [3.8, 4) is 0 Å². The number of para-hydroxylation sites is 1. The number of alkyl halides is 1. The van der Waals surface area contributed by atoms with Gasteiger partial charge in [-0.3, -0.25) is 0 Å². The second-order valence-electron chi connectivity index (χ2n) is 5.58. The number of nitrogen functional groups attached to an aromatic ring is 1. The molecule has 0 aliphatic carbocycles. The first-order chi connectivity index (χ1) is 10.7. The zero-order chi connectivity index (χ0) is 15.9. The van der Waals surface area contributed by atoms with Gasteiger partial charge in [0, 0.05) is 17.8 Å². The van der Waals surface area contributed by atoms with Crippen molar-refractivity contribution in [3.63, 3.8) is 0 Å². The van der Waals surface area contributed by atoms with Gasteiger partial charge in [-0.1, -0.05) is 71.4 Å². The Hall–Kier alpha value is -1.74. The van der Waals surface area contributed by atoms with Crippen LogP contribution in [-0.4, -0.2) is 11.9 Å². The molecule has 116 valence electrons. The van der Waals surface area contributed by atoms with Crippen molar-refractivity contribution in [1.82, 2.24) is 0 Å². The highest BCUT2D eigenvalue weighted by atomic mass is 79.9. The van der Waals surface area contributed by atoms with E-state index in [4.69, 9.17) is 5.73 Å². The molecule has 2 aromatic rings. The van der Waals surface area contributed by atoms with E-state index in [2.05, 4.69) is 65.1 Å². The van der Waals surface area contributed by atoms with Gasteiger partial charge in [0.15, 0.2) is 0 Å². The fourth-order valence-corrected chi connectivity index (χ4v) is 2.71. The summed E-state index contributed by atoms with van der Waals surface area (Å²) in [6.45, 7) is 7.10. The molecule has 2 nitrogen and oxygen atoms in total. The summed E-state index contributed by atoms with van der Waals surface area (Å²) in [4.78, 5) is 0. The number of anilines is 2. The van der Waals surface area contributed by atoms with Crippen LogP contribution < -0.4 is 11.1 Å². The minimum absolute atomic E-state index is 0.131. The average Bonchev–Trinajstić information content (AvgIpc) is 2.55. The van der Waals surface area contributed by atoms with Crippen molar-refractivity contribution in [2.45, 2.75) is 12.8 Å². The number of rotatable bonds is 7. The van der Waals surface area contributed by atoms with Crippen LogP contribution in [0.2, 0.25) is 0 Å². The summed E-state index contributed by atoms with van der Waals surface area (Å²) in [6.07, 6.45) is 1.98. The molecule has 3 heteroatoms. The highest BCUT2D eigenvalue weighted by molar-refractivity contribution is 9.09. The van der Waals surface area contributed by atoms with Crippen molar-refractivity contribution in [2.75, 3.05) is 22.9 Å². The third kappa shape index (κ3) is 3.92. The van der Waals surface area contributed by atoms with Crippen LogP contribution in [-0.2, 0) is 0 Å². The Bertz CT molecular complexity index is 610. The first-order valence-corrected chi connectivity index (χ1v) is 8.65. The Labute approximate surface area is 141 Å². The van der Waals surface area contributed by atoms with E-state index in [-0.39, 0.29) is 5.92 Å². The Morgan fingerprint density at radius 1 is 1.18 bits per heavy atom. The zero-order valence-electron chi connectivity index (χ0n) is 12.9. The predicted octanol–water partition coefficient (Wildman–Crippen LogP) is 5.03. The summed E-state index contributed by atoms with van der Waals surface area (Å²) in [6, 6.07) is 16.5. The van der Waals surface area contributed by atoms with Crippen LogP contribution in [0.5, 0.6) is 0 Å². The Morgan fingerprint density at radius 2 is 1.91 bits per heavy atom. The van der Waals surface area contributed by atoms with Gasteiger partial charge in [0.25, 0.3) is 0 Å². The van der Waals surface area contributed by atoms with Crippen LogP contribution in [0.4, 0.5) is 11.4 Å². The third-order valence-corrected chi connectivity index (χ3v) is 4.85. The molecule has 0 spiro atoms. The van der Waals surface area contributed by atoms with E-state index in [0.717, 1.165) is 23.2 Å². The van der Waals surface area contributed by atoms with Crippen LogP contribution in [0.1, 0.15) is 24.0 Å². The molecule has 0 fully saturated rings. The van der Waals surface area contributed by atoms with Crippen LogP contribution in [0.25, 0.3) is 0 Å². The SMILES string of the molecule is C=CC(c1ccccc1)c1cccc(N)c1NCC(C)CBr. The van der Waals surface area contributed by atoms with Gasteiger partial charge in [0.1, 0.15) is 0 Å². The van der Waals surface area contributed by atoms with E-state index in [0.29, 0.717) is 5.92 Å². The second-order valence-corrected chi connectivity index (χ2v) is 6.22. The maximum absolute atomic E-state index is 6.21. The molecule has 0 saturated heterocycles.